The number of amides is 1. The molecule has 0 saturated carbocycles. The molecular weight excluding hydrogens is 385 g/mol. The van der Waals surface area contributed by atoms with Crippen molar-refractivity contribution in [3.63, 3.8) is 0 Å². The fourth-order valence-electron chi connectivity index (χ4n) is 4.10. The summed E-state index contributed by atoms with van der Waals surface area (Å²) >= 11 is 0. The fourth-order valence-corrected chi connectivity index (χ4v) is 4.10. The maximum absolute atomic E-state index is 15.2. The molecule has 2 atom stereocenters. The van der Waals surface area contributed by atoms with E-state index in [1.807, 2.05) is 32.9 Å². The number of carbonyl (C=O) groups excluding carboxylic acids is 1. The van der Waals surface area contributed by atoms with Crippen molar-refractivity contribution in [3.05, 3.63) is 35.8 Å². The molecule has 2 unspecified atom stereocenters. The zero-order valence-corrected chi connectivity index (χ0v) is 18.2. The molecule has 0 N–H and O–H groups in total. The summed E-state index contributed by atoms with van der Waals surface area (Å²) in [6.45, 7) is 8.82. The van der Waals surface area contributed by atoms with Gasteiger partial charge in [0.2, 0.25) is 0 Å². The van der Waals surface area contributed by atoms with E-state index in [0.29, 0.717) is 41.2 Å². The standard InChI is InChI=1S/C23H30FN3O3/c1-15-8-9-19(26(14-15)22(28)30-23(2,3)4)16-11-17-13-25-27(21(17)18(24)12-16)20-7-5-6-10-29-20/h9,11-13,15,20H,5-8,10,14H2,1-4H3. The lowest BCUT2D eigenvalue weighted by Crippen LogP contribution is -2.39. The van der Waals surface area contributed by atoms with Crippen LogP contribution in [0.1, 0.15) is 65.2 Å². The predicted molar refractivity (Wildman–Crippen MR) is 113 cm³/mol. The Morgan fingerprint density at radius 1 is 1.30 bits per heavy atom. The van der Waals surface area contributed by atoms with Gasteiger partial charge >= 0.3 is 6.09 Å². The zero-order valence-electron chi connectivity index (χ0n) is 18.2. The molecule has 2 aliphatic rings. The summed E-state index contributed by atoms with van der Waals surface area (Å²) in [4.78, 5) is 14.5. The molecule has 1 fully saturated rings. The monoisotopic (exact) mass is 415 g/mol. The number of rotatable bonds is 2. The molecule has 1 saturated heterocycles. The van der Waals surface area contributed by atoms with Crippen molar-refractivity contribution in [2.24, 2.45) is 5.92 Å². The van der Waals surface area contributed by atoms with E-state index in [-0.39, 0.29) is 12.0 Å². The predicted octanol–water partition coefficient (Wildman–Crippen LogP) is 5.49. The van der Waals surface area contributed by atoms with E-state index in [0.717, 1.165) is 25.7 Å². The third kappa shape index (κ3) is 4.21. The number of hydrogen-bond donors (Lipinski definition) is 0. The SMILES string of the molecule is CC1CC=C(c2cc(F)c3c(cnn3C3CCCCO3)c2)N(C(=O)OC(C)(C)C)C1. The Bertz CT molecular complexity index is 970. The molecule has 1 amide bonds. The molecule has 7 heteroatoms. The first-order valence-electron chi connectivity index (χ1n) is 10.7. The lowest BCUT2D eigenvalue weighted by Gasteiger charge is -2.34. The van der Waals surface area contributed by atoms with Crippen LogP contribution in [0.3, 0.4) is 0 Å². The van der Waals surface area contributed by atoms with Crippen LogP contribution in [0.4, 0.5) is 9.18 Å². The van der Waals surface area contributed by atoms with Gasteiger partial charge in [-0.15, -0.1) is 0 Å². The minimum atomic E-state index is -0.598. The minimum Gasteiger partial charge on any atom is -0.443 e. The smallest absolute Gasteiger partial charge is 0.414 e. The maximum atomic E-state index is 15.2. The summed E-state index contributed by atoms with van der Waals surface area (Å²) in [6.07, 6.45) is 6.74. The van der Waals surface area contributed by atoms with Crippen molar-refractivity contribution in [1.82, 2.24) is 14.7 Å². The Hall–Kier alpha value is -2.41. The highest BCUT2D eigenvalue weighted by atomic mass is 19.1. The minimum absolute atomic E-state index is 0.232. The fraction of sp³-hybridized carbons (Fsp3) is 0.565. The first-order chi connectivity index (χ1) is 14.2. The van der Waals surface area contributed by atoms with Crippen LogP contribution in [0.25, 0.3) is 16.6 Å². The third-order valence-electron chi connectivity index (χ3n) is 5.48. The molecule has 162 valence electrons. The van der Waals surface area contributed by atoms with Gasteiger partial charge in [0.05, 0.1) is 11.9 Å². The quantitative estimate of drug-likeness (QED) is 0.651. The summed E-state index contributed by atoms with van der Waals surface area (Å²) in [7, 11) is 0. The Balaban J connectivity index is 1.69. The van der Waals surface area contributed by atoms with Crippen LogP contribution in [-0.2, 0) is 9.47 Å². The van der Waals surface area contributed by atoms with Gasteiger partial charge in [-0.2, -0.15) is 5.10 Å². The molecule has 30 heavy (non-hydrogen) atoms. The summed E-state index contributed by atoms with van der Waals surface area (Å²) < 4.78 is 28.3. The Kier molecular flexibility index (Phi) is 5.57. The van der Waals surface area contributed by atoms with Gasteiger partial charge in [0.1, 0.15) is 16.9 Å². The van der Waals surface area contributed by atoms with E-state index in [1.165, 1.54) is 6.07 Å². The normalized spacial score (nSPS) is 22.8. The van der Waals surface area contributed by atoms with Crippen molar-refractivity contribution in [2.75, 3.05) is 13.2 Å². The van der Waals surface area contributed by atoms with Crippen LogP contribution in [0, 0.1) is 11.7 Å². The highest BCUT2D eigenvalue weighted by Crippen LogP contribution is 2.34. The van der Waals surface area contributed by atoms with Crippen LogP contribution >= 0.6 is 0 Å². The van der Waals surface area contributed by atoms with Crippen molar-refractivity contribution >= 4 is 22.7 Å². The number of nitrogens with zero attached hydrogens (tertiary/aromatic N) is 3. The first kappa shape index (κ1) is 20.8. The number of aromatic nitrogens is 2. The van der Waals surface area contributed by atoms with E-state index in [9.17, 15) is 4.79 Å². The maximum Gasteiger partial charge on any atom is 0.414 e. The van der Waals surface area contributed by atoms with Gasteiger partial charge in [0.15, 0.2) is 6.23 Å². The summed E-state index contributed by atoms with van der Waals surface area (Å²) in [5, 5.41) is 5.10. The van der Waals surface area contributed by atoms with E-state index < -0.39 is 11.7 Å². The highest BCUT2D eigenvalue weighted by Gasteiger charge is 2.30. The van der Waals surface area contributed by atoms with E-state index in [1.54, 1.807) is 15.8 Å². The largest absolute Gasteiger partial charge is 0.443 e. The van der Waals surface area contributed by atoms with Crippen LogP contribution in [-0.4, -0.2) is 39.5 Å². The second-order valence-electron chi connectivity index (χ2n) is 9.33. The molecule has 6 nitrogen and oxygen atoms in total. The number of fused-ring (bicyclic) bond motifs is 1. The van der Waals surface area contributed by atoms with Gasteiger partial charge in [0, 0.05) is 24.1 Å². The molecule has 0 spiro atoms. The Morgan fingerprint density at radius 3 is 2.80 bits per heavy atom. The highest BCUT2D eigenvalue weighted by molar-refractivity contribution is 5.88. The molecule has 1 aromatic carbocycles. The first-order valence-corrected chi connectivity index (χ1v) is 10.7. The third-order valence-corrected chi connectivity index (χ3v) is 5.48. The molecule has 1 aromatic heterocycles. The molecule has 2 aliphatic heterocycles. The van der Waals surface area contributed by atoms with Gasteiger partial charge in [-0.05, 0) is 64.5 Å². The van der Waals surface area contributed by atoms with Gasteiger partial charge < -0.3 is 9.47 Å². The van der Waals surface area contributed by atoms with Crippen LogP contribution < -0.4 is 0 Å². The number of allylic oxidation sites excluding steroid dienone is 1. The average Bonchev–Trinajstić information content (AvgIpc) is 3.12. The second-order valence-corrected chi connectivity index (χ2v) is 9.33. The summed E-state index contributed by atoms with van der Waals surface area (Å²) in [6, 6.07) is 3.38. The van der Waals surface area contributed by atoms with Crippen molar-refractivity contribution < 1.29 is 18.7 Å². The summed E-state index contributed by atoms with van der Waals surface area (Å²) in [5.74, 6) is -0.0566. The van der Waals surface area contributed by atoms with Gasteiger partial charge in [-0.1, -0.05) is 13.0 Å². The molecule has 2 aromatic rings. The van der Waals surface area contributed by atoms with E-state index in [2.05, 4.69) is 12.0 Å². The number of benzene rings is 1. The zero-order chi connectivity index (χ0) is 21.5. The van der Waals surface area contributed by atoms with Gasteiger partial charge in [-0.3, -0.25) is 4.90 Å². The number of halogens is 1. The molecule has 4 rings (SSSR count). The Labute approximate surface area is 176 Å². The molecule has 3 heterocycles. The van der Waals surface area contributed by atoms with Crippen LogP contribution in [0.2, 0.25) is 0 Å². The van der Waals surface area contributed by atoms with Crippen molar-refractivity contribution in [2.45, 2.75) is 65.2 Å². The number of hydrogen-bond acceptors (Lipinski definition) is 4. The number of ether oxygens (including phenoxy) is 2. The lowest BCUT2D eigenvalue weighted by molar-refractivity contribution is -0.0369. The van der Waals surface area contributed by atoms with Crippen molar-refractivity contribution in [1.29, 1.82) is 0 Å². The average molecular weight is 416 g/mol. The lowest BCUT2D eigenvalue weighted by atomic mass is 9.97. The van der Waals surface area contributed by atoms with Crippen LogP contribution in [0.15, 0.2) is 24.4 Å². The van der Waals surface area contributed by atoms with E-state index in [4.69, 9.17) is 9.47 Å². The second kappa shape index (κ2) is 8.02. The van der Waals surface area contributed by atoms with Gasteiger partial charge in [0.25, 0.3) is 0 Å². The topological polar surface area (TPSA) is 56.6 Å². The summed E-state index contributed by atoms with van der Waals surface area (Å²) in [5.41, 5.74) is 1.19. The van der Waals surface area contributed by atoms with Crippen molar-refractivity contribution in [3.8, 4) is 0 Å². The van der Waals surface area contributed by atoms with Crippen LogP contribution in [0.5, 0.6) is 0 Å². The van der Waals surface area contributed by atoms with Gasteiger partial charge in [-0.25, -0.2) is 13.9 Å². The van der Waals surface area contributed by atoms with E-state index >= 15 is 4.39 Å². The Morgan fingerprint density at radius 2 is 2.10 bits per heavy atom. The molecule has 0 bridgehead atoms. The molecule has 0 aliphatic carbocycles. The molecule has 0 radical (unpaired) electrons. The molecular formula is C23H30FN3O3. The number of carbonyl (C=O) groups is 1.